The highest BCUT2D eigenvalue weighted by Gasteiger charge is 2.20. The normalized spacial score (nSPS) is 11.8. The maximum Gasteiger partial charge on any atom is 0.334 e. The van der Waals surface area contributed by atoms with Crippen molar-refractivity contribution in [3.8, 4) is 0 Å². The van der Waals surface area contributed by atoms with Crippen LogP contribution in [0.5, 0.6) is 0 Å². The fourth-order valence-corrected chi connectivity index (χ4v) is 1.44. The van der Waals surface area contributed by atoms with E-state index in [-0.39, 0.29) is 5.92 Å². The molecule has 0 rings (SSSR count). The molecule has 0 aromatic carbocycles. The molecule has 74 valence electrons. The fourth-order valence-electron chi connectivity index (χ4n) is 1.44. The molecule has 1 unspecified atom stereocenters. The van der Waals surface area contributed by atoms with E-state index in [1.54, 1.807) is 0 Å². The fraction of sp³-hybridized carbons (Fsp3) is 0.800. The molecule has 0 heterocycles. The number of carbonyl (C=O) groups excluding carboxylic acids is 1. The van der Waals surface area contributed by atoms with Crippen LogP contribution in [-0.2, 0) is 4.79 Å². The average Bonchev–Trinajstić information content (AvgIpc) is 2.16. The summed E-state index contributed by atoms with van der Waals surface area (Å²) in [5.74, 6) is 0.146. The van der Waals surface area contributed by atoms with E-state index in [1.807, 2.05) is 0 Å². The van der Waals surface area contributed by atoms with Crippen molar-refractivity contribution in [2.75, 3.05) is 0 Å². The summed E-state index contributed by atoms with van der Waals surface area (Å²) in [7, 11) is 0. The predicted octanol–water partition coefficient (Wildman–Crippen LogP) is 2.46. The van der Waals surface area contributed by atoms with Crippen molar-refractivity contribution >= 4 is 12.0 Å². The zero-order valence-corrected chi connectivity index (χ0v) is 8.49. The number of unbranched alkanes of at least 4 members (excludes halogenated alkanes) is 1. The van der Waals surface area contributed by atoms with Crippen LogP contribution < -0.4 is 0 Å². The topological polar surface area (TPSA) is 53.5 Å². The SMILES string of the molecule is CCCCC(CCC)C(C=O)=[N+]=[N-]. The highest BCUT2D eigenvalue weighted by atomic mass is 16.1. The summed E-state index contributed by atoms with van der Waals surface area (Å²) < 4.78 is 0. The third-order valence-corrected chi connectivity index (χ3v) is 2.20. The lowest BCUT2D eigenvalue weighted by atomic mass is 9.93. The van der Waals surface area contributed by atoms with Gasteiger partial charge < -0.3 is 5.53 Å². The van der Waals surface area contributed by atoms with E-state index >= 15 is 0 Å². The van der Waals surface area contributed by atoms with Gasteiger partial charge in [0.15, 0.2) is 0 Å². The zero-order chi connectivity index (χ0) is 10.1. The summed E-state index contributed by atoms with van der Waals surface area (Å²) in [5.41, 5.74) is 8.88. The van der Waals surface area contributed by atoms with Gasteiger partial charge in [-0.3, -0.25) is 4.79 Å². The van der Waals surface area contributed by atoms with Gasteiger partial charge in [0.1, 0.15) is 0 Å². The maximum atomic E-state index is 10.5. The molecule has 0 saturated heterocycles. The molecule has 1 atom stereocenters. The third kappa shape index (κ3) is 4.58. The first-order valence-corrected chi connectivity index (χ1v) is 4.97. The molecule has 0 saturated carbocycles. The molecule has 0 N–H and O–H groups in total. The Hall–Kier alpha value is -0.950. The van der Waals surface area contributed by atoms with Crippen LogP contribution in [0.4, 0.5) is 0 Å². The summed E-state index contributed by atoms with van der Waals surface area (Å²) in [5, 5.41) is 0. The van der Waals surface area contributed by atoms with Crippen molar-refractivity contribution in [3.63, 3.8) is 0 Å². The molecule has 3 heteroatoms. The van der Waals surface area contributed by atoms with Crippen LogP contribution in [-0.4, -0.2) is 16.8 Å². The van der Waals surface area contributed by atoms with E-state index in [2.05, 4.69) is 18.6 Å². The third-order valence-electron chi connectivity index (χ3n) is 2.20. The molecular weight excluding hydrogens is 164 g/mol. The Bertz CT molecular complexity index is 195. The lowest BCUT2D eigenvalue weighted by Gasteiger charge is -2.07. The van der Waals surface area contributed by atoms with Crippen LogP contribution >= 0.6 is 0 Å². The quantitative estimate of drug-likeness (QED) is 0.258. The number of carbonyl (C=O) groups is 1. The first kappa shape index (κ1) is 12.0. The van der Waals surface area contributed by atoms with Crippen LogP contribution in [0, 0.1) is 5.92 Å². The number of hydrogen-bond acceptors (Lipinski definition) is 1. The Morgan fingerprint density at radius 1 is 1.38 bits per heavy atom. The average molecular weight is 182 g/mol. The summed E-state index contributed by atoms with van der Waals surface area (Å²) in [6.07, 6.45) is 5.74. The lowest BCUT2D eigenvalue weighted by molar-refractivity contribution is -0.107. The second-order valence-corrected chi connectivity index (χ2v) is 3.27. The Balaban J connectivity index is 4.21. The van der Waals surface area contributed by atoms with Crippen molar-refractivity contribution in [2.45, 2.75) is 46.0 Å². The number of hydrogen-bond donors (Lipinski definition) is 0. The van der Waals surface area contributed by atoms with E-state index in [9.17, 15) is 4.79 Å². The summed E-state index contributed by atoms with van der Waals surface area (Å²) in [4.78, 5) is 13.6. The molecule has 3 nitrogen and oxygen atoms in total. The van der Waals surface area contributed by atoms with E-state index in [0.29, 0.717) is 12.0 Å². The van der Waals surface area contributed by atoms with Crippen LogP contribution in [0.3, 0.4) is 0 Å². The van der Waals surface area contributed by atoms with Gasteiger partial charge in [0, 0.05) is 0 Å². The molecule has 0 bridgehead atoms. The Morgan fingerprint density at radius 3 is 2.46 bits per heavy atom. The minimum absolute atomic E-state index is 0.146. The Labute approximate surface area is 79.8 Å². The van der Waals surface area contributed by atoms with Gasteiger partial charge in [-0.2, -0.15) is 4.79 Å². The summed E-state index contributed by atoms with van der Waals surface area (Å²) in [6.45, 7) is 4.18. The molecule has 0 aromatic heterocycles. The smallest absolute Gasteiger partial charge is 0.334 e. The molecule has 0 aliphatic rings. The van der Waals surface area contributed by atoms with Crippen molar-refractivity contribution in [3.05, 3.63) is 5.53 Å². The van der Waals surface area contributed by atoms with Crippen molar-refractivity contribution < 1.29 is 9.58 Å². The molecule has 0 aliphatic heterocycles. The van der Waals surface area contributed by atoms with Crippen LogP contribution in [0.1, 0.15) is 46.0 Å². The van der Waals surface area contributed by atoms with Gasteiger partial charge in [0.2, 0.25) is 6.29 Å². The maximum absolute atomic E-state index is 10.5. The second-order valence-electron chi connectivity index (χ2n) is 3.27. The molecule has 0 aliphatic carbocycles. The van der Waals surface area contributed by atoms with E-state index in [1.165, 1.54) is 0 Å². The van der Waals surface area contributed by atoms with Crippen LogP contribution in [0.2, 0.25) is 0 Å². The van der Waals surface area contributed by atoms with Gasteiger partial charge in [-0.05, 0) is 12.8 Å². The van der Waals surface area contributed by atoms with Crippen molar-refractivity contribution in [1.82, 2.24) is 0 Å². The first-order chi connectivity index (χ1) is 6.29. The van der Waals surface area contributed by atoms with Crippen LogP contribution in [0.15, 0.2) is 0 Å². The van der Waals surface area contributed by atoms with Gasteiger partial charge >= 0.3 is 5.71 Å². The number of nitrogens with zero attached hydrogens (tertiary/aromatic N) is 2. The molecule has 0 radical (unpaired) electrons. The molecule has 0 spiro atoms. The minimum Gasteiger partial charge on any atom is -0.361 e. The van der Waals surface area contributed by atoms with Crippen LogP contribution in [0.25, 0.3) is 5.53 Å². The molecule has 0 aromatic rings. The highest BCUT2D eigenvalue weighted by Crippen LogP contribution is 2.14. The molecule has 0 amide bonds. The number of aldehydes is 1. The lowest BCUT2D eigenvalue weighted by Crippen LogP contribution is -2.16. The Kier molecular flexibility index (Phi) is 7.12. The predicted molar refractivity (Wildman–Crippen MR) is 52.6 cm³/mol. The standard InChI is InChI=1S/C10H18N2O/c1-3-5-7-9(6-4-2)10(8-13)12-11/h8-9H,3-7H2,1-2H3. The highest BCUT2D eigenvalue weighted by molar-refractivity contribution is 6.26. The van der Waals surface area contributed by atoms with Gasteiger partial charge in [-0.15, -0.1) is 0 Å². The summed E-state index contributed by atoms with van der Waals surface area (Å²) >= 11 is 0. The zero-order valence-electron chi connectivity index (χ0n) is 8.49. The van der Waals surface area contributed by atoms with E-state index < -0.39 is 0 Å². The van der Waals surface area contributed by atoms with Crippen molar-refractivity contribution in [1.29, 1.82) is 0 Å². The van der Waals surface area contributed by atoms with Gasteiger partial charge in [0.05, 0.1) is 5.92 Å². The molecule has 0 fully saturated rings. The Morgan fingerprint density at radius 2 is 2.08 bits per heavy atom. The van der Waals surface area contributed by atoms with Gasteiger partial charge in [-0.1, -0.05) is 33.1 Å². The van der Waals surface area contributed by atoms with E-state index in [4.69, 9.17) is 5.53 Å². The molecular formula is C10H18N2O. The largest absolute Gasteiger partial charge is 0.361 e. The minimum atomic E-state index is 0.146. The van der Waals surface area contributed by atoms with E-state index in [0.717, 1.165) is 32.1 Å². The van der Waals surface area contributed by atoms with Crippen molar-refractivity contribution in [2.24, 2.45) is 5.92 Å². The van der Waals surface area contributed by atoms with Gasteiger partial charge in [0.25, 0.3) is 0 Å². The second kappa shape index (κ2) is 7.69. The van der Waals surface area contributed by atoms with Gasteiger partial charge in [-0.25, -0.2) is 0 Å². The number of rotatable bonds is 7. The molecule has 13 heavy (non-hydrogen) atoms. The monoisotopic (exact) mass is 182 g/mol. The summed E-state index contributed by atoms with van der Waals surface area (Å²) in [6, 6.07) is 0. The first-order valence-electron chi connectivity index (χ1n) is 4.97.